The van der Waals surface area contributed by atoms with E-state index in [1.165, 1.54) is 6.20 Å². The predicted octanol–water partition coefficient (Wildman–Crippen LogP) is 1.79. The SMILES string of the molecule is CC1(C)OB(c2ncc(C#N)cc2OC2CC2)OC1(C)C. The van der Waals surface area contributed by atoms with Gasteiger partial charge in [-0.1, -0.05) is 0 Å². The Morgan fingerprint density at radius 2 is 1.90 bits per heavy atom. The first-order chi connectivity index (χ1) is 9.82. The fraction of sp³-hybridized carbons (Fsp3) is 0.600. The van der Waals surface area contributed by atoms with E-state index >= 15 is 0 Å². The molecule has 1 aliphatic carbocycles. The van der Waals surface area contributed by atoms with Crippen molar-refractivity contribution in [3.8, 4) is 11.8 Å². The molecule has 1 aliphatic heterocycles. The van der Waals surface area contributed by atoms with E-state index in [0.29, 0.717) is 16.9 Å². The van der Waals surface area contributed by atoms with Gasteiger partial charge in [-0.3, -0.25) is 4.98 Å². The van der Waals surface area contributed by atoms with Crippen molar-refractivity contribution in [3.05, 3.63) is 17.8 Å². The van der Waals surface area contributed by atoms with Gasteiger partial charge in [0.2, 0.25) is 0 Å². The zero-order valence-electron chi connectivity index (χ0n) is 12.8. The first-order valence-corrected chi connectivity index (χ1v) is 7.25. The minimum Gasteiger partial charge on any atom is -0.489 e. The highest BCUT2D eigenvalue weighted by atomic mass is 16.7. The zero-order chi connectivity index (χ0) is 15.3. The highest BCUT2D eigenvalue weighted by Gasteiger charge is 2.53. The lowest BCUT2D eigenvalue weighted by Gasteiger charge is -2.32. The highest BCUT2D eigenvalue weighted by molar-refractivity contribution is 6.62. The minimum absolute atomic E-state index is 0.224. The van der Waals surface area contributed by atoms with Crippen LogP contribution >= 0.6 is 0 Å². The quantitative estimate of drug-likeness (QED) is 0.793. The number of ether oxygens (including phenoxy) is 1. The van der Waals surface area contributed by atoms with Gasteiger partial charge in [0.25, 0.3) is 0 Å². The van der Waals surface area contributed by atoms with Crippen LogP contribution in [-0.4, -0.2) is 29.4 Å². The van der Waals surface area contributed by atoms with Crippen LogP contribution in [0, 0.1) is 11.3 Å². The lowest BCUT2D eigenvalue weighted by atomic mass is 9.83. The molecule has 6 heteroatoms. The monoisotopic (exact) mass is 286 g/mol. The number of nitriles is 1. The Morgan fingerprint density at radius 1 is 1.29 bits per heavy atom. The number of rotatable bonds is 3. The predicted molar refractivity (Wildman–Crippen MR) is 78.3 cm³/mol. The third-order valence-electron chi connectivity index (χ3n) is 4.31. The summed E-state index contributed by atoms with van der Waals surface area (Å²) in [6.45, 7) is 7.99. The molecule has 2 fully saturated rings. The third-order valence-corrected chi connectivity index (χ3v) is 4.31. The molecule has 21 heavy (non-hydrogen) atoms. The first-order valence-electron chi connectivity index (χ1n) is 7.25. The smallest absolute Gasteiger partial charge is 0.489 e. The van der Waals surface area contributed by atoms with E-state index in [0.717, 1.165) is 12.8 Å². The summed E-state index contributed by atoms with van der Waals surface area (Å²) in [4.78, 5) is 4.35. The second kappa shape index (κ2) is 4.72. The average molecular weight is 286 g/mol. The van der Waals surface area contributed by atoms with Gasteiger partial charge in [0.1, 0.15) is 17.4 Å². The van der Waals surface area contributed by atoms with Crippen LogP contribution in [0.25, 0.3) is 0 Å². The van der Waals surface area contributed by atoms with Crippen LogP contribution in [0.5, 0.6) is 5.75 Å². The van der Waals surface area contributed by atoms with Crippen molar-refractivity contribution in [1.82, 2.24) is 4.98 Å². The Balaban J connectivity index is 1.93. The average Bonchev–Trinajstić information content (AvgIpc) is 3.17. The Labute approximate surface area is 125 Å². The summed E-state index contributed by atoms with van der Waals surface area (Å²) in [7, 11) is -0.573. The molecule has 0 N–H and O–H groups in total. The molecule has 5 nitrogen and oxygen atoms in total. The summed E-state index contributed by atoms with van der Waals surface area (Å²) < 4.78 is 17.9. The second-order valence-electron chi connectivity index (χ2n) is 6.62. The molecule has 110 valence electrons. The van der Waals surface area contributed by atoms with Crippen LogP contribution in [-0.2, 0) is 9.31 Å². The number of aromatic nitrogens is 1. The van der Waals surface area contributed by atoms with E-state index in [-0.39, 0.29) is 6.10 Å². The second-order valence-corrected chi connectivity index (χ2v) is 6.62. The van der Waals surface area contributed by atoms with Crippen LogP contribution in [0.1, 0.15) is 46.1 Å². The van der Waals surface area contributed by atoms with E-state index in [1.54, 1.807) is 6.07 Å². The van der Waals surface area contributed by atoms with Crippen molar-refractivity contribution < 1.29 is 14.0 Å². The van der Waals surface area contributed by atoms with Gasteiger partial charge in [0, 0.05) is 12.3 Å². The molecule has 0 radical (unpaired) electrons. The molecular weight excluding hydrogens is 267 g/mol. The van der Waals surface area contributed by atoms with Gasteiger partial charge >= 0.3 is 7.12 Å². The van der Waals surface area contributed by atoms with E-state index in [9.17, 15) is 0 Å². The molecule has 3 rings (SSSR count). The van der Waals surface area contributed by atoms with Crippen molar-refractivity contribution in [2.75, 3.05) is 0 Å². The largest absolute Gasteiger partial charge is 0.518 e. The Bertz CT molecular complexity index is 589. The lowest BCUT2D eigenvalue weighted by Crippen LogP contribution is -2.41. The minimum atomic E-state index is -0.573. The molecule has 0 bridgehead atoms. The van der Waals surface area contributed by atoms with Gasteiger partial charge in [-0.05, 0) is 40.5 Å². The standard InChI is InChI=1S/C15H19BN2O3/c1-14(2)15(3,4)21-16(20-14)13-12(19-11-5-6-11)7-10(8-17)9-18-13/h7,9,11H,5-6H2,1-4H3. The van der Waals surface area contributed by atoms with Crippen LogP contribution in [0.3, 0.4) is 0 Å². The maximum absolute atomic E-state index is 9.03. The van der Waals surface area contributed by atoms with Gasteiger partial charge in [-0.2, -0.15) is 5.26 Å². The molecule has 0 spiro atoms. The fourth-order valence-corrected chi connectivity index (χ4v) is 2.11. The van der Waals surface area contributed by atoms with Crippen LogP contribution < -0.4 is 10.3 Å². The number of hydrogen-bond donors (Lipinski definition) is 0. The molecule has 0 atom stereocenters. The summed E-state index contributed by atoms with van der Waals surface area (Å²) >= 11 is 0. The summed E-state index contributed by atoms with van der Waals surface area (Å²) in [5, 5.41) is 9.03. The molecule has 1 aromatic heterocycles. The van der Waals surface area contributed by atoms with Crippen LogP contribution in [0.2, 0.25) is 0 Å². The Kier molecular flexibility index (Phi) is 3.23. The zero-order valence-corrected chi connectivity index (χ0v) is 12.8. The van der Waals surface area contributed by atoms with Gasteiger partial charge in [-0.15, -0.1) is 0 Å². The molecule has 2 heterocycles. The van der Waals surface area contributed by atoms with Crippen molar-refractivity contribution >= 4 is 12.7 Å². The highest BCUT2D eigenvalue weighted by Crippen LogP contribution is 2.37. The third kappa shape index (κ3) is 2.64. The molecule has 0 unspecified atom stereocenters. The van der Waals surface area contributed by atoms with Crippen LogP contribution in [0.15, 0.2) is 12.3 Å². The molecular formula is C15H19BN2O3. The molecule has 1 saturated carbocycles. The van der Waals surface area contributed by atoms with Gasteiger partial charge < -0.3 is 14.0 Å². The summed E-state index contributed by atoms with van der Waals surface area (Å²) in [6, 6.07) is 3.80. The molecule has 1 saturated heterocycles. The Morgan fingerprint density at radius 3 is 2.43 bits per heavy atom. The molecule has 2 aliphatic rings. The van der Waals surface area contributed by atoms with Crippen molar-refractivity contribution in [2.24, 2.45) is 0 Å². The van der Waals surface area contributed by atoms with Crippen molar-refractivity contribution in [1.29, 1.82) is 5.26 Å². The first kappa shape index (κ1) is 14.4. The van der Waals surface area contributed by atoms with E-state index in [4.69, 9.17) is 19.3 Å². The summed E-state index contributed by atoms with van der Waals surface area (Å²) in [5.74, 6) is 0.593. The topological polar surface area (TPSA) is 64.4 Å². The number of pyridine rings is 1. The normalized spacial score (nSPS) is 22.9. The maximum Gasteiger partial charge on any atom is 0.518 e. The summed E-state index contributed by atoms with van der Waals surface area (Å²) in [6.07, 6.45) is 3.83. The van der Waals surface area contributed by atoms with E-state index in [1.807, 2.05) is 27.7 Å². The number of hydrogen-bond acceptors (Lipinski definition) is 5. The Hall–Kier alpha value is -1.58. The van der Waals surface area contributed by atoms with E-state index in [2.05, 4.69) is 11.1 Å². The van der Waals surface area contributed by atoms with Crippen molar-refractivity contribution in [3.63, 3.8) is 0 Å². The fourth-order valence-electron chi connectivity index (χ4n) is 2.11. The van der Waals surface area contributed by atoms with Crippen LogP contribution in [0.4, 0.5) is 0 Å². The van der Waals surface area contributed by atoms with Gasteiger partial charge in [0.15, 0.2) is 0 Å². The number of nitrogens with zero attached hydrogens (tertiary/aromatic N) is 2. The molecule has 1 aromatic rings. The molecule has 0 aromatic carbocycles. The van der Waals surface area contributed by atoms with Crippen molar-refractivity contribution in [2.45, 2.75) is 57.8 Å². The molecule has 0 amide bonds. The van der Waals surface area contributed by atoms with E-state index < -0.39 is 18.3 Å². The lowest BCUT2D eigenvalue weighted by molar-refractivity contribution is 0.00578. The van der Waals surface area contributed by atoms with Gasteiger partial charge in [-0.25, -0.2) is 0 Å². The maximum atomic E-state index is 9.03. The van der Waals surface area contributed by atoms with Gasteiger partial charge in [0.05, 0.1) is 22.9 Å². The summed E-state index contributed by atoms with van der Waals surface area (Å²) in [5.41, 5.74) is 0.235.